The van der Waals surface area contributed by atoms with Crippen LogP contribution >= 0.6 is 11.8 Å². The maximum Gasteiger partial charge on any atom is 0.446 e. The van der Waals surface area contributed by atoms with Crippen molar-refractivity contribution in [2.24, 2.45) is 0 Å². The van der Waals surface area contributed by atoms with E-state index in [2.05, 4.69) is 4.98 Å². The van der Waals surface area contributed by atoms with Crippen molar-refractivity contribution in [1.29, 1.82) is 0 Å². The van der Waals surface area contributed by atoms with Crippen LogP contribution < -0.4 is 0 Å². The lowest BCUT2D eigenvalue weighted by atomic mass is 10.5. The van der Waals surface area contributed by atoms with E-state index in [1.165, 1.54) is 6.07 Å². The van der Waals surface area contributed by atoms with Crippen LogP contribution in [0, 0.1) is 5.95 Å². The Morgan fingerprint density at radius 2 is 2.00 bits per heavy atom. The quantitative estimate of drug-likeness (QED) is 0.390. The van der Waals surface area contributed by atoms with E-state index in [0.717, 1.165) is 12.3 Å². The summed E-state index contributed by atoms with van der Waals surface area (Å²) >= 11 is -0.510. The first kappa shape index (κ1) is 9.31. The van der Waals surface area contributed by atoms with Crippen molar-refractivity contribution in [3.05, 3.63) is 24.3 Å². The molecule has 1 rings (SSSR count). The second kappa shape index (κ2) is 3.30. The maximum absolute atomic E-state index is 12.5. The summed E-state index contributed by atoms with van der Waals surface area (Å²) in [4.78, 5) is 2.57. The minimum absolute atomic E-state index is 0.509. The van der Waals surface area contributed by atoms with Gasteiger partial charge < -0.3 is 0 Å². The van der Waals surface area contributed by atoms with Gasteiger partial charge in [-0.15, -0.1) is 0 Å². The number of nitrogens with zero attached hydrogens (tertiary/aromatic N) is 1. The third-order valence-electron chi connectivity index (χ3n) is 0.951. The molecule has 12 heavy (non-hydrogen) atoms. The van der Waals surface area contributed by atoms with E-state index in [9.17, 15) is 17.6 Å². The Labute approximate surface area is 69.8 Å². The topological polar surface area (TPSA) is 12.9 Å². The molecule has 0 fully saturated rings. The normalized spacial score (nSPS) is 11.7. The highest BCUT2D eigenvalue weighted by Gasteiger charge is 2.30. The molecule has 0 spiro atoms. The average molecular weight is 197 g/mol. The molecule has 0 saturated carbocycles. The molecule has 0 unspecified atom stereocenters. The summed E-state index contributed by atoms with van der Waals surface area (Å²) < 4.78 is 47.6. The fourth-order valence-electron chi connectivity index (χ4n) is 0.572. The number of thioether (sulfide) groups is 1. The maximum atomic E-state index is 12.5. The van der Waals surface area contributed by atoms with E-state index in [0.29, 0.717) is 0 Å². The van der Waals surface area contributed by atoms with Crippen LogP contribution in [0.1, 0.15) is 0 Å². The van der Waals surface area contributed by atoms with Gasteiger partial charge in [0.05, 0.1) is 4.90 Å². The van der Waals surface area contributed by atoms with Crippen molar-refractivity contribution >= 4 is 11.8 Å². The Hall–Kier alpha value is -0.780. The fourth-order valence-corrected chi connectivity index (χ4v) is 1.10. The monoisotopic (exact) mass is 197 g/mol. The zero-order chi connectivity index (χ0) is 9.19. The SMILES string of the molecule is Fc1ncccc1SC(F)(F)F. The lowest BCUT2D eigenvalue weighted by Gasteiger charge is -2.04. The van der Waals surface area contributed by atoms with Crippen LogP contribution in [0.3, 0.4) is 0 Å². The standard InChI is InChI=1S/C6H3F4NS/c7-5-4(2-1-3-11-5)12-6(8,9)10/h1-3H. The van der Waals surface area contributed by atoms with Gasteiger partial charge in [0.15, 0.2) is 0 Å². The molecule has 66 valence electrons. The highest BCUT2D eigenvalue weighted by Crippen LogP contribution is 2.37. The first-order valence-electron chi connectivity index (χ1n) is 2.85. The van der Waals surface area contributed by atoms with Gasteiger partial charge >= 0.3 is 5.51 Å². The molecule has 0 aliphatic rings. The third-order valence-corrected chi connectivity index (χ3v) is 1.71. The van der Waals surface area contributed by atoms with Gasteiger partial charge in [-0.1, -0.05) is 0 Å². The second-order valence-corrected chi connectivity index (χ2v) is 2.95. The smallest absolute Gasteiger partial charge is 0.227 e. The number of aromatic nitrogens is 1. The molecular formula is C6H3F4NS. The molecule has 1 nitrogen and oxygen atoms in total. The van der Waals surface area contributed by atoms with Crippen molar-refractivity contribution in [2.75, 3.05) is 0 Å². The predicted octanol–water partition coefficient (Wildman–Crippen LogP) is 2.83. The zero-order valence-corrected chi connectivity index (χ0v) is 6.42. The summed E-state index contributed by atoms with van der Waals surface area (Å²) in [7, 11) is 0. The molecule has 0 aliphatic carbocycles. The fraction of sp³-hybridized carbons (Fsp3) is 0.167. The molecule has 1 aromatic heterocycles. The molecule has 1 aromatic rings. The summed E-state index contributed by atoms with van der Waals surface area (Å²) in [6, 6.07) is 2.28. The van der Waals surface area contributed by atoms with E-state index < -0.39 is 28.1 Å². The highest BCUT2D eigenvalue weighted by molar-refractivity contribution is 8.00. The summed E-state index contributed by atoms with van der Waals surface area (Å²) in [6.07, 6.45) is 1.09. The largest absolute Gasteiger partial charge is 0.446 e. The number of pyridine rings is 1. The summed E-state index contributed by atoms with van der Waals surface area (Å²) in [5.74, 6) is -1.10. The van der Waals surface area contributed by atoms with Gasteiger partial charge in [0.1, 0.15) is 0 Å². The minimum Gasteiger partial charge on any atom is -0.227 e. The molecule has 0 bridgehead atoms. The number of halogens is 4. The summed E-state index contributed by atoms with van der Waals surface area (Å²) in [5, 5.41) is 0. The Morgan fingerprint density at radius 1 is 1.33 bits per heavy atom. The van der Waals surface area contributed by atoms with Gasteiger partial charge in [-0.05, 0) is 23.9 Å². The Balaban J connectivity index is 2.83. The minimum atomic E-state index is -4.47. The predicted molar refractivity (Wildman–Crippen MR) is 36.1 cm³/mol. The van der Waals surface area contributed by atoms with Crippen molar-refractivity contribution < 1.29 is 17.6 Å². The van der Waals surface area contributed by atoms with E-state index in [1.807, 2.05) is 0 Å². The van der Waals surface area contributed by atoms with Gasteiger partial charge in [-0.3, -0.25) is 0 Å². The molecule has 0 radical (unpaired) electrons. The van der Waals surface area contributed by atoms with E-state index >= 15 is 0 Å². The molecule has 0 N–H and O–H groups in total. The second-order valence-electron chi connectivity index (χ2n) is 1.84. The summed E-state index contributed by atoms with van der Waals surface area (Å²) in [6.45, 7) is 0. The molecule has 0 saturated heterocycles. The Kier molecular flexibility index (Phi) is 2.56. The highest BCUT2D eigenvalue weighted by atomic mass is 32.2. The molecule has 0 aromatic carbocycles. The number of hydrogen-bond acceptors (Lipinski definition) is 2. The average Bonchev–Trinajstić information content (AvgIpc) is 1.91. The Bertz CT molecular complexity index is 272. The summed E-state index contributed by atoms with van der Waals surface area (Å²) in [5.41, 5.74) is -4.47. The van der Waals surface area contributed by atoms with Crippen LogP contribution in [-0.4, -0.2) is 10.5 Å². The molecule has 0 aliphatic heterocycles. The van der Waals surface area contributed by atoms with Gasteiger partial charge in [-0.25, -0.2) is 4.98 Å². The van der Waals surface area contributed by atoms with Crippen molar-refractivity contribution in [3.8, 4) is 0 Å². The number of rotatable bonds is 1. The number of alkyl halides is 3. The zero-order valence-electron chi connectivity index (χ0n) is 5.60. The first-order valence-corrected chi connectivity index (χ1v) is 3.67. The third kappa shape index (κ3) is 2.69. The van der Waals surface area contributed by atoms with Crippen LogP contribution in [0.2, 0.25) is 0 Å². The van der Waals surface area contributed by atoms with Gasteiger partial charge in [0.25, 0.3) is 0 Å². The molecule has 0 atom stereocenters. The van der Waals surface area contributed by atoms with Crippen LogP contribution in [0.4, 0.5) is 17.6 Å². The molecule has 0 amide bonds. The molecular weight excluding hydrogens is 194 g/mol. The van der Waals surface area contributed by atoms with Crippen molar-refractivity contribution in [2.45, 2.75) is 10.4 Å². The molecule has 6 heteroatoms. The van der Waals surface area contributed by atoms with Crippen molar-refractivity contribution in [1.82, 2.24) is 4.98 Å². The van der Waals surface area contributed by atoms with E-state index in [-0.39, 0.29) is 0 Å². The lowest BCUT2D eigenvalue weighted by molar-refractivity contribution is -0.0329. The van der Waals surface area contributed by atoms with Gasteiger partial charge in [0, 0.05) is 6.20 Å². The number of hydrogen-bond donors (Lipinski definition) is 0. The van der Waals surface area contributed by atoms with Gasteiger partial charge in [0.2, 0.25) is 5.95 Å². The van der Waals surface area contributed by atoms with Crippen LogP contribution in [0.15, 0.2) is 23.2 Å². The van der Waals surface area contributed by atoms with Crippen molar-refractivity contribution in [3.63, 3.8) is 0 Å². The van der Waals surface area contributed by atoms with Crippen LogP contribution in [0.5, 0.6) is 0 Å². The van der Waals surface area contributed by atoms with Crippen LogP contribution in [-0.2, 0) is 0 Å². The molecule has 1 heterocycles. The lowest BCUT2D eigenvalue weighted by Crippen LogP contribution is -2.00. The van der Waals surface area contributed by atoms with Crippen LogP contribution in [0.25, 0.3) is 0 Å². The Morgan fingerprint density at radius 3 is 2.50 bits per heavy atom. The van der Waals surface area contributed by atoms with Gasteiger partial charge in [-0.2, -0.15) is 17.6 Å². The first-order chi connectivity index (χ1) is 5.49. The van der Waals surface area contributed by atoms with E-state index in [1.54, 1.807) is 0 Å². The van der Waals surface area contributed by atoms with E-state index in [4.69, 9.17) is 0 Å².